The minimum absolute atomic E-state index is 0.0790. The van der Waals surface area contributed by atoms with Gasteiger partial charge in [-0.15, -0.1) is 0 Å². The van der Waals surface area contributed by atoms with E-state index in [-0.39, 0.29) is 11.6 Å². The lowest BCUT2D eigenvalue weighted by molar-refractivity contribution is 0.318. The molecule has 0 atom stereocenters. The second kappa shape index (κ2) is 6.17. The number of nitrogens with two attached hydrogens (primary N) is 1. The summed E-state index contributed by atoms with van der Waals surface area (Å²) in [5.74, 6) is 1.16. The van der Waals surface area contributed by atoms with Gasteiger partial charge in [0.2, 0.25) is 0 Å². The number of phenolic OH excluding ortho intramolecular Hbond substituents is 1. The van der Waals surface area contributed by atoms with Crippen molar-refractivity contribution in [2.24, 2.45) is 0 Å². The number of pyridine rings is 1. The predicted octanol–water partition coefficient (Wildman–Crippen LogP) is 3.57. The highest BCUT2D eigenvalue weighted by molar-refractivity contribution is 5.77. The Kier molecular flexibility index (Phi) is 4.07. The third-order valence-corrected chi connectivity index (χ3v) is 4.27. The van der Waals surface area contributed by atoms with Gasteiger partial charge in [-0.2, -0.15) is 5.26 Å². The van der Waals surface area contributed by atoms with E-state index >= 15 is 0 Å². The Labute approximate surface area is 135 Å². The molecule has 5 heteroatoms. The summed E-state index contributed by atoms with van der Waals surface area (Å²) in [6.45, 7) is 2.31. The van der Waals surface area contributed by atoms with Crippen molar-refractivity contribution < 1.29 is 9.84 Å². The van der Waals surface area contributed by atoms with Gasteiger partial charge in [0.1, 0.15) is 17.5 Å². The van der Waals surface area contributed by atoms with Crippen LogP contribution in [0.4, 0.5) is 5.82 Å². The Morgan fingerprint density at radius 2 is 2.17 bits per heavy atom. The number of hydrogen-bond acceptors (Lipinski definition) is 5. The van der Waals surface area contributed by atoms with Gasteiger partial charge in [0.25, 0.3) is 0 Å². The average Bonchev–Trinajstić information content (AvgIpc) is 2.47. The first-order valence-electron chi connectivity index (χ1n) is 7.80. The molecule has 118 valence electrons. The molecule has 3 N–H and O–H groups in total. The van der Waals surface area contributed by atoms with Gasteiger partial charge in [0.05, 0.1) is 6.61 Å². The first kappa shape index (κ1) is 15.2. The van der Waals surface area contributed by atoms with Gasteiger partial charge in [0.15, 0.2) is 11.5 Å². The summed E-state index contributed by atoms with van der Waals surface area (Å²) in [6, 6.07) is 9.15. The van der Waals surface area contributed by atoms with Crippen LogP contribution in [0.2, 0.25) is 0 Å². The molecule has 2 aromatic rings. The van der Waals surface area contributed by atoms with E-state index < -0.39 is 0 Å². The van der Waals surface area contributed by atoms with Crippen LogP contribution < -0.4 is 10.5 Å². The van der Waals surface area contributed by atoms with Crippen molar-refractivity contribution in [1.29, 1.82) is 5.26 Å². The fourth-order valence-corrected chi connectivity index (χ4v) is 2.80. The molecule has 0 amide bonds. The maximum absolute atomic E-state index is 9.86. The molecule has 1 aromatic heterocycles. The summed E-state index contributed by atoms with van der Waals surface area (Å²) in [4.78, 5) is 4.40. The van der Waals surface area contributed by atoms with Gasteiger partial charge in [-0.25, -0.2) is 4.98 Å². The zero-order chi connectivity index (χ0) is 16.4. The van der Waals surface area contributed by atoms with E-state index in [2.05, 4.69) is 11.1 Å². The molecule has 1 aromatic carbocycles. The summed E-state index contributed by atoms with van der Waals surface area (Å²) in [7, 11) is 0. The van der Waals surface area contributed by atoms with Crippen molar-refractivity contribution >= 4 is 5.82 Å². The molecule has 1 fully saturated rings. The van der Waals surface area contributed by atoms with E-state index in [1.165, 1.54) is 6.42 Å². The van der Waals surface area contributed by atoms with Gasteiger partial charge in [-0.1, -0.05) is 12.5 Å². The molecule has 0 unspecified atom stereocenters. The number of nitrogen functional groups attached to an aromatic ring is 1. The van der Waals surface area contributed by atoms with Gasteiger partial charge < -0.3 is 15.6 Å². The standard InChI is InChI=1S/C18H19N3O2/c1-2-23-17-8-12(6-7-16(17)22)13-9-15(11-4-3-5-11)21-18(20)14(13)10-19/h6-9,11,22H,2-5H2,1H3,(H2,20,21). The predicted molar refractivity (Wildman–Crippen MR) is 88.2 cm³/mol. The molecular formula is C18H19N3O2. The molecule has 0 spiro atoms. The molecule has 0 saturated heterocycles. The van der Waals surface area contributed by atoms with Gasteiger partial charge in [0, 0.05) is 17.2 Å². The Balaban J connectivity index is 2.12. The lowest BCUT2D eigenvalue weighted by atomic mass is 9.81. The number of aromatic nitrogens is 1. The summed E-state index contributed by atoms with van der Waals surface area (Å²) in [6.07, 6.45) is 3.42. The highest BCUT2D eigenvalue weighted by atomic mass is 16.5. The summed E-state index contributed by atoms with van der Waals surface area (Å²) in [5, 5.41) is 19.3. The molecule has 0 aliphatic heterocycles. The zero-order valence-electron chi connectivity index (χ0n) is 13.0. The Bertz CT molecular complexity index is 777. The van der Waals surface area contributed by atoms with Gasteiger partial charge >= 0.3 is 0 Å². The SMILES string of the molecule is CCOc1cc(-c2cc(C3CCC3)nc(N)c2C#N)ccc1O. The summed E-state index contributed by atoms with van der Waals surface area (Å²) >= 11 is 0. The topological polar surface area (TPSA) is 92.2 Å². The van der Waals surface area contributed by atoms with Crippen molar-refractivity contribution in [3.8, 4) is 28.7 Å². The van der Waals surface area contributed by atoms with Crippen molar-refractivity contribution in [3.05, 3.63) is 35.5 Å². The van der Waals surface area contributed by atoms with Crippen molar-refractivity contribution in [3.63, 3.8) is 0 Å². The number of rotatable bonds is 4. The van der Waals surface area contributed by atoms with Crippen LogP contribution in [0.15, 0.2) is 24.3 Å². The first-order valence-corrected chi connectivity index (χ1v) is 7.80. The number of benzene rings is 1. The molecular weight excluding hydrogens is 290 g/mol. The van der Waals surface area contributed by atoms with Gasteiger partial charge in [-0.05, 0) is 43.5 Å². The number of nitrogens with zero attached hydrogens (tertiary/aromatic N) is 2. The number of nitriles is 1. The molecule has 5 nitrogen and oxygen atoms in total. The number of phenols is 1. The van der Waals surface area contributed by atoms with Crippen LogP contribution in [0.5, 0.6) is 11.5 Å². The average molecular weight is 309 g/mol. The van der Waals surface area contributed by atoms with E-state index in [0.717, 1.165) is 29.7 Å². The lowest BCUT2D eigenvalue weighted by Crippen LogP contribution is -2.12. The second-order valence-corrected chi connectivity index (χ2v) is 5.71. The molecule has 1 saturated carbocycles. The van der Waals surface area contributed by atoms with Crippen molar-refractivity contribution in [1.82, 2.24) is 4.98 Å². The van der Waals surface area contributed by atoms with Crippen LogP contribution in [0, 0.1) is 11.3 Å². The molecule has 23 heavy (non-hydrogen) atoms. The fourth-order valence-electron chi connectivity index (χ4n) is 2.80. The monoisotopic (exact) mass is 309 g/mol. The Hall–Kier alpha value is -2.74. The number of anilines is 1. The van der Waals surface area contributed by atoms with Crippen LogP contribution in [-0.4, -0.2) is 16.7 Å². The molecule has 0 radical (unpaired) electrons. The van der Waals surface area contributed by atoms with Crippen LogP contribution >= 0.6 is 0 Å². The lowest BCUT2D eigenvalue weighted by Gasteiger charge is -2.25. The number of aromatic hydroxyl groups is 1. The van der Waals surface area contributed by atoms with Crippen LogP contribution in [0.3, 0.4) is 0 Å². The minimum Gasteiger partial charge on any atom is -0.504 e. The van der Waals surface area contributed by atoms with E-state index in [0.29, 0.717) is 23.8 Å². The zero-order valence-corrected chi connectivity index (χ0v) is 13.0. The number of hydrogen-bond donors (Lipinski definition) is 2. The maximum Gasteiger partial charge on any atom is 0.161 e. The van der Waals surface area contributed by atoms with Crippen molar-refractivity contribution in [2.75, 3.05) is 12.3 Å². The molecule has 3 rings (SSSR count). The fraction of sp³-hybridized carbons (Fsp3) is 0.333. The first-order chi connectivity index (χ1) is 11.1. The van der Waals surface area contributed by atoms with Crippen molar-refractivity contribution in [2.45, 2.75) is 32.1 Å². The van der Waals surface area contributed by atoms with E-state index in [1.807, 2.05) is 13.0 Å². The smallest absolute Gasteiger partial charge is 0.161 e. The van der Waals surface area contributed by atoms with E-state index in [1.54, 1.807) is 18.2 Å². The van der Waals surface area contributed by atoms with Crippen LogP contribution in [-0.2, 0) is 0 Å². The normalized spacial score (nSPS) is 14.1. The summed E-state index contributed by atoms with van der Waals surface area (Å²) < 4.78 is 5.43. The molecule has 1 aliphatic carbocycles. The molecule has 1 heterocycles. The number of ether oxygens (including phenoxy) is 1. The Morgan fingerprint density at radius 3 is 2.78 bits per heavy atom. The largest absolute Gasteiger partial charge is 0.504 e. The molecule has 0 bridgehead atoms. The minimum atomic E-state index is 0.0790. The summed E-state index contributed by atoms with van der Waals surface area (Å²) in [5.41, 5.74) is 8.83. The van der Waals surface area contributed by atoms with Crippen LogP contribution in [0.25, 0.3) is 11.1 Å². The molecule has 1 aliphatic rings. The highest BCUT2D eigenvalue weighted by Crippen LogP contribution is 2.40. The van der Waals surface area contributed by atoms with E-state index in [9.17, 15) is 10.4 Å². The Morgan fingerprint density at radius 1 is 1.39 bits per heavy atom. The maximum atomic E-state index is 9.86. The second-order valence-electron chi connectivity index (χ2n) is 5.71. The third kappa shape index (κ3) is 2.80. The third-order valence-electron chi connectivity index (χ3n) is 4.27. The van der Waals surface area contributed by atoms with Gasteiger partial charge in [-0.3, -0.25) is 0 Å². The quantitative estimate of drug-likeness (QED) is 0.900. The highest BCUT2D eigenvalue weighted by Gasteiger charge is 2.23. The van der Waals surface area contributed by atoms with Crippen LogP contribution in [0.1, 0.15) is 43.4 Å². The van der Waals surface area contributed by atoms with E-state index in [4.69, 9.17) is 10.5 Å².